The van der Waals surface area contributed by atoms with Crippen LogP contribution in [0.3, 0.4) is 0 Å². The van der Waals surface area contributed by atoms with Crippen LogP contribution < -0.4 is 16.4 Å². The fourth-order valence-corrected chi connectivity index (χ4v) is 2.54. The summed E-state index contributed by atoms with van der Waals surface area (Å²) in [7, 11) is 0. The zero-order chi connectivity index (χ0) is 18.8. The van der Waals surface area contributed by atoms with Gasteiger partial charge in [0.15, 0.2) is 11.6 Å². The standard InChI is InChI=1S/C19H20N6O/c1-4-12(18(20)21)9-14-11(3)22-19(23-14)16-17(26)15(24-25-16)13-7-5-10(2)6-8-13/h4-9,26H,3H2,1-2H3,(H3,20,21)(H,22,23)(H,24,25)/b12-4+,14-9+. The number of allylic oxidation sites excluding steroid dienone is 1. The maximum atomic E-state index is 10.6. The largest absolute Gasteiger partial charge is 0.504 e. The van der Waals surface area contributed by atoms with E-state index in [0.29, 0.717) is 33.5 Å². The number of aromatic hydroxyl groups is 1. The fourth-order valence-electron chi connectivity index (χ4n) is 2.54. The predicted octanol–water partition coefficient (Wildman–Crippen LogP) is 1.55. The van der Waals surface area contributed by atoms with Crippen LogP contribution >= 0.6 is 0 Å². The molecular weight excluding hydrogens is 328 g/mol. The molecule has 1 aromatic carbocycles. The van der Waals surface area contributed by atoms with Crippen molar-refractivity contribution >= 4 is 18.5 Å². The van der Waals surface area contributed by atoms with Crippen LogP contribution in [0.4, 0.5) is 0 Å². The first-order valence-corrected chi connectivity index (χ1v) is 8.03. The van der Waals surface area contributed by atoms with Crippen LogP contribution in [0.5, 0.6) is 5.75 Å². The highest BCUT2D eigenvalue weighted by Crippen LogP contribution is 2.33. The molecule has 0 spiro atoms. The Morgan fingerprint density at radius 2 is 2.00 bits per heavy atom. The lowest BCUT2D eigenvalue weighted by molar-refractivity contribution is 0.479. The molecule has 0 unspecified atom stereocenters. The second-order valence-corrected chi connectivity index (χ2v) is 5.91. The smallest absolute Gasteiger partial charge is 0.172 e. The number of aromatic nitrogens is 4. The fraction of sp³-hybridized carbons (Fsp3) is 0.105. The molecule has 0 bridgehead atoms. The molecule has 7 nitrogen and oxygen atoms in total. The van der Waals surface area contributed by atoms with E-state index < -0.39 is 0 Å². The quantitative estimate of drug-likeness (QED) is 0.362. The molecule has 0 saturated heterocycles. The minimum atomic E-state index is -0.0532. The predicted molar refractivity (Wildman–Crippen MR) is 103 cm³/mol. The van der Waals surface area contributed by atoms with Gasteiger partial charge in [-0.3, -0.25) is 10.5 Å². The third kappa shape index (κ3) is 3.14. The second kappa shape index (κ2) is 6.72. The lowest BCUT2D eigenvalue weighted by Gasteiger charge is -1.99. The number of hydrogen-bond acceptors (Lipinski definition) is 4. The van der Waals surface area contributed by atoms with Crippen LogP contribution in [0.1, 0.15) is 12.5 Å². The van der Waals surface area contributed by atoms with Gasteiger partial charge in [0.25, 0.3) is 0 Å². The van der Waals surface area contributed by atoms with Crippen LogP contribution in [-0.4, -0.2) is 31.1 Å². The van der Waals surface area contributed by atoms with E-state index in [1.54, 1.807) is 19.1 Å². The number of amidine groups is 1. The number of nitrogens with two attached hydrogens (primary N) is 1. The first kappa shape index (κ1) is 17.2. The number of nitrogens with zero attached hydrogens (tertiary/aromatic N) is 2. The molecule has 132 valence electrons. The number of rotatable bonds is 4. The Morgan fingerprint density at radius 1 is 1.31 bits per heavy atom. The number of imidazole rings is 1. The molecule has 26 heavy (non-hydrogen) atoms. The van der Waals surface area contributed by atoms with Gasteiger partial charge in [-0.2, -0.15) is 5.10 Å². The summed E-state index contributed by atoms with van der Waals surface area (Å²) >= 11 is 0. The Morgan fingerprint density at radius 3 is 2.62 bits per heavy atom. The maximum Gasteiger partial charge on any atom is 0.172 e. The minimum Gasteiger partial charge on any atom is -0.504 e. The van der Waals surface area contributed by atoms with Gasteiger partial charge in [0.1, 0.15) is 17.2 Å². The molecule has 0 aliphatic carbocycles. The summed E-state index contributed by atoms with van der Waals surface area (Å²) in [6.07, 6.45) is 3.39. The Balaban J connectivity index is 2.05. The number of benzene rings is 1. The van der Waals surface area contributed by atoms with Gasteiger partial charge >= 0.3 is 0 Å². The molecule has 6 N–H and O–H groups in total. The summed E-state index contributed by atoms with van der Waals surface area (Å²) in [4.78, 5) is 7.46. The molecule has 2 heterocycles. The summed E-state index contributed by atoms with van der Waals surface area (Å²) in [6.45, 7) is 7.70. The van der Waals surface area contributed by atoms with Crippen molar-refractivity contribution in [2.75, 3.05) is 0 Å². The topological polar surface area (TPSA) is 127 Å². The Labute approximate surface area is 150 Å². The molecule has 2 aromatic heterocycles. The highest BCUT2D eigenvalue weighted by molar-refractivity contribution is 6.02. The second-order valence-electron chi connectivity index (χ2n) is 5.91. The summed E-state index contributed by atoms with van der Waals surface area (Å²) in [5.41, 5.74) is 8.83. The molecule has 0 fully saturated rings. The molecule has 7 heteroatoms. The van der Waals surface area contributed by atoms with Gasteiger partial charge in [0.05, 0.1) is 10.7 Å². The lowest BCUT2D eigenvalue weighted by atomic mass is 10.1. The molecule has 0 aliphatic rings. The molecular formula is C19H20N6O. The van der Waals surface area contributed by atoms with Gasteiger partial charge in [-0.1, -0.05) is 42.5 Å². The van der Waals surface area contributed by atoms with E-state index >= 15 is 0 Å². The zero-order valence-corrected chi connectivity index (χ0v) is 14.6. The highest BCUT2D eigenvalue weighted by atomic mass is 16.3. The number of aromatic amines is 2. The van der Waals surface area contributed by atoms with E-state index in [-0.39, 0.29) is 11.6 Å². The van der Waals surface area contributed by atoms with E-state index in [4.69, 9.17) is 11.1 Å². The van der Waals surface area contributed by atoms with Crippen LogP contribution in [0.25, 0.3) is 35.4 Å². The van der Waals surface area contributed by atoms with Crippen LogP contribution in [0.2, 0.25) is 0 Å². The first-order chi connectivity index (χ1) is 12.4. The maximum absolute atomic E-state index is 10.6. The van der Waals surface area contributed by atoms with E-state index in [1.165, 1.54) is 0 Å². The lowest BCUT2D eigenvalue weighted by Crippen LogP contribution is -2.24. The Kier molecular flexibility index (Phi) is 4.45. The highest BCUT2D eigenvalue weighted by Gasteiger charge is 2.17. The monoisotopic (exact) mass is 348 g/mol. The van der Waals surface area contributed by atoms with Crippen molar-refractivity contribution in [1.82, 2.24) is 20.2 Å². The van der Waals surface area contributed by atoms with E-state index in [1.807, 2.05) is 31.2 Å². The van der Waals surface area contributed by atoms with Gasteiger partial charge in [0, 0.05) is 11.1 Å². The Hall–Kier alpha value is -3.61. The molecule has 3 aromatic rings. The number of H-pyrrole nitrogens is 2. The summed E-state index contributed by atoms with van der Waals surface area (Å²) in [6, 6.07) is 7.71. The molecule has 3 rings (SSSR count). The van der Waals surface area contributed by atoms with Gasteiger partial charge in [-0.05, 0) is 19.9 Å². The van der Waals surface area contributed by atoms with Crippen LogP contribution in [0.15, 0.2) is 35.9 Å². The SMILES string of the molecule is C=c1[nH]c(-c2[nH]nc(-c3ccc(C)cc3)c2O)n/c1=C/C(=C\C)C(=N)N. The zero-order valence-electron chi connectivity index (χ0n) is 14.6. The molecule has 0 atom stereocenters. The van der Waals surface area contributed by atoms with Crippen molar-refractivity contribution in [2.24, 2.45) is 5.73 Å². The van der Waals surface area contributed by atoms with Crippen LogP contribution in [0, 0.1) is 12.3 Å². The van der Waals surface area contributed by atoms with Crippen molar-refractivity contribution in [3.05, 3.63) is 52.2 Å². The van der Waals surface area contributed by atoms with Crippen molar-refractivity contribution < 1.29 is 5.11 Å². The van der Waals surface area contributed by atoms with Crippen molar-refractivity contribution in [1.29, 1.82) is 5.41 Å². The normalized spacial score (nSPS) is 12.5. The van der Waals surface area contributed by atoms with Crippen LogP contribution in [-0.2, 0) is 0 Å². The Bertz CT molecular complexity index is 1100. The molecule has 0 aliphatic heterocycles. The number of aryl methyl sites for hydroxylation is 1. The first-order valence-electron chi connectivity index (χ1n) is 8.03. The van der Waals surface area contributed by atoms with Gasteiger partial charge in [0.2, 0.25) is 0 Å². The minimum absolute atomic E-state index is 0.00646. The molecule has 0 radical (unpaired) electrons. The third-order valence-electron chi connectivity index (χ3n) is 4.03. The summed E-state index contributed by atoms with van der Waals surface area (Å²) in [5.74, 6) is 0.359. The molecule has 0 amide bonds. The molecule has 0 saturated carbocycles. The summed E-state index contributed by atoms with van der Waals surface area (Å²) in [5, 5.41) is 26.2. The third-order valence-corrected chi connectivity index (χ3v) is 4.03. The van der Waals surface area contributed by atoms with E-state index in [9.17, 15) is 5.11 Å². The van der Waals surface area contributed by atoms with Gasteiger partial charge in [-0.15, -0.1) is 0 Å². The number of nitrogens with one attached hydrogen (secondary N) is 3. The van der Waals surface area contributed by atoms with Crippen molar-refractivity contribution in [3.63, 3.8) is 0 Å². The van der Waals surface area contributed by atoms with E-state index in [2.05, 4.69) is 26.7 Å². The van der Waals surface area contributed by atoms with Gasteiger partial charge < -0.3 is 15.8 Å². The average molecular weight is 348 g/mol. The van der Waals surface area contributed by atoms with Gasteiger partial charge in [-0.25, -0.2) is 4.98 Å². The average Bonchev–Trinajstić information content (AvgIpc) is 3.16. The van der Waals surface area contributed by atoms with Crippen molar-refractivity contribution in [3.8, 4) is 28.5 Å². The van der Waals surface area contributed by atoms with Crippen molar-refractivity contribution in [2.45, 2.75) is 13.8 Å². The van der Waals surface area contributed by atoms with E-state index in [0.717, 1.165) is 11.1 Å². The number of hydrogen-bond donors (Lipinski definition) is 5. The summed E-state index contributed by atoms with van der Waals surface area (Å²) < 4.78 is 0.